The number of carbonyl (C=O) groups is 1. The monoisotopic (exact) mass is 593 g/mol. The minimum absolute atomic E-state index is 0.0414. The number of aliphatic hydroxyl groups is 1. The second-order valence-electron chi connectivity index (χ2n) is 11.6. The molecule has 6 aromatic rings. The highest BCUT2D eigenvalue weighted by atomic mass is 32.1. The predicted molar refractivity (Wildman–Crippen MR) is 172 cm³/mol. The fourth-order valence-electron chi connectivity index (χ4n) is 4.79. The van der Waals surface area contributed by atoms with Gasteiger partial charge in [0.05, 0.1) is 34.1 Å². The number of carboxylic acid groups (broad SMARTS) is 1. The molecule has 220 valence electrons. The van der Waals surface area contributed by atoms with Crippen molar-refractivity contribution in [2.45, 2.75) is 60.0 Å². The van der Waals surface area contributed by atoms with Crippen molar-refractivity contribution in [1.29, 1.82) is 0 Å². The van der Waals surface area contributed by atoms with Crippen LogP contribution in [0.25, 0.3) is 48.8 Å². The van der Waals surface area contributed by atoms with Crippen LogP contribution in [0, 0.1) is 13.8 Å². The first kappa shape index (κ1) is 30.0. The minimum atomic E-state index is -0.849. The Bertz CT molecular complexity index is 1930. The van der Waals surface area contributed by atoms with Gasteiger partial charge in [-0.25, -0.2) is 14.5 Å². The van der Waals surface area contributed by atoms with Crippen molar-refractivity contribution in [3.05, 3.63) is 89.5 Å². The Morgan fingerprint density at radius 2 is 1.70 bits per heavy atom. The molecule has 4 aromatic heterocycles. The molecule has 0 aliphatic carbocycles. The quantitative estimate of drug-likeness (QED) is 0.208. The van der Waals surface area contributed by atoms with E-state index < -0.39 is 11.6 Å². The lowest BCUT2D eigenvalue weighted by Gasteiger charge is -2.13. The molecule has 0 aliphatic heterocycles. The van der Waals surface area contributed by atoms with E-state index in [9.17, 15) is 9.90 Å². The fourth-order valence-corrected chi connectivity index (χ4v) is 5.92. The van der Waals surface area contributed by atoms with Crippen molar-refractivity contribution < 1.29 is 15.0 Å². The van der Waals surface area contributed by atoms with Gasteiger partial charge in [0.25, 0.3) is 0 Å². The molecule has 0 saturated heterocycles. The normalized spacial score (nSPS) is 11.5. The number of aromatic nitrogens is 5. The summed E-state index contributed by atoms with van der Waals surface area (Å²) in [5.41, 5.74) is 9.76. The highest BCUT2D eigenvalue weighted by Crippen LogP contribution is 2.41. The summed E-state index contributed by atoms with van der Waals surface area (Å²) in [4.78, 5) is 25.9. The third kappa shape index (κ3) is 6.79. The Labute approximate surface area is 254 Å². The number of nitrogens with zero attached hydrogens (tertiary/aromatic N) is 5. The van der Waals surface area contributed by atoms with Crippen molar-refractivity contribution in [3.8, 4) is 33.0 Å². The highest BCUT2D eigenvalue weighted by Gasteiger charge is 2.20. The standard InChI is InChI=1S/C30H25N5O2S.C4H10O/c1-4-19-15-33-35-16-22(14-32-29(19)35)24-12-21(9-10-31-24)30-34-25-11-18(3)23(13-26(36)37)27(28(25)38-30)20-7-5-17(2)6-8-20;1-4(2,3)5/h5-12,14-16H,4,13H2,1-3H3,(H,36,37);5H,1-3H3. The summed E-state index contributed by atoms with van der Waals surface area (Å²) in [6.45, 7) is 11.3. The van der Waals surface area contributed by atoms with Crippen LogP contribution in [0.3, 0.4) is 0 Å². The number of fused-ring (bicyclic) bond motifs is 2. The van der Waals surface area contributed by atoms with Gasteiger partial charge < -0.3 is 10.2 Å². The van der Waals surface area contributed by atoms with E-state index in [0.717, 1.165) is 77.5 Å². The molecule has 2 aromatic carbocycles. The zero-order chi connectivity index (χ0) is 30.9. The maximum Gasteiger partial charge on any atom is 0.307 e. The second-order valence-corrected chi connectivity index (χ2v) is 12.6. The first-order chi connectivity index (χ1) is 20.4. The van der Waals surface area contributed by atoms with E-state index in [1.165, 1.54) is 0 Å². The van der Waals surface area contributed by atoms with E-state index in [0.29, 0.717) is 0 Å². The molecular formula is C34H35N5O3S. The van der Waals surface area contributed by atoms with Gasteiger partial charge in [-0.2, -0.15) is 5.10 Å². The topological polar surface area (TPSA) is 114 Å². The summed E-state index contributed by atoms with van der Waals surface area (Å²) in [7, 11) is 0. The van der Waals surface area contributed by atoms with Crippen LogP contribution in [-0.2, 0) is 17.6 Å². The first-order valence-corrected chi connectivity index (χ1v) is 15.0. The van der Waals surface area contributed by atoms with Crippen LogP contribution in [0.2, 0.25) is 0 Å². The molecule has 0 amide bonds. The molecule has 0 unspecified atom stereocenters. The maximum atomic E-state index is 11.8. The molecule has 43 heavy (non-hydrogen) atoms. The Morgan fingerprint density at radius 3 is 2.37 bits per heavy atom. The summed E-state index contributed by atoms with van der Waals surface area (Å²) in [5, 5.41) is 23.5. The van der Waals surface area contributed by atoms with Crippen molar-refractivity contribution in [1.82, 2.24) is 24.6 Å². The molecule has 4 heterocycles. The predicted octanol–water partition coefficient (Wildman–Crippen LogP) is 7.32. The number of carboxylic acids is 1. The van der Waals surface area contributed by atoms with E-state index in [1.807, 2.05) is 50.6 Å². The maximum absolute atomic E-state index is 11.8. The van der Waals surface area contributed by atoms with Crippen LogP contribution in [0.5, 0.6) is 0 Å². The van der Waals surface area contributed by atoms with Crippen LogP contribution in [0.1, 0.15) is 49.9 Å². The van der Waals surface area contributed by atoms with Gasteiger partial charge in [-0.05, 0) is 75.9 Å². The average Bonchev–Trinajstić information content (AvgIpc) is 3.56. The van der Waals surface area contributed by atoms with Crippen molar-refractivity contribution in [2.24, 2.45) is 0 Å². The number of benzene rings is 2. The number of rotatable bonds is 6. The number of hydrogen-bond acceptors (Lipinski definition) is 7. The summed E-state index contributed by atoms with van der Waals surface area (Å²) < 4.78 is 2.77. The summed E-state index contributed by atoms with van der Waals surface area (Å²) in [6.07, 6.45) is 8.24. The van der Waals surface area contributed by atoms with E-state index in [2.05, 4.69) is 46.3 Å². The third-order valence-corrected chi connectivity index (χ3v) is 7.93. The fraction of sp³-hybridized carbons (Fsp3) is 0.265. The van der Waals surface area contributed by atoms with Crippen LogP contribution in [0.4, 0.5) is 0 Å². The number of pyridine rings is 1. The van der Waals surface area contributed by atoms with Gasteiger partial charge in [-0.1, -0.05) is 36.8 Å². The lowest BCUT2D eigenvalue weighted by Crippen LogP contribution is -2.10. The lowest BCUT2D eigenvalue weighted by molar-refractivity contribution is -0.136. The Kier molecular flexibility index (Phi) is 8.39. The zero-order valence-corrected chi connectivity index (χ0v) is 26.0. The number of thiazole rings is 1. The van der Waals surface area contributed by atoms with Gasteiger partial charge in [0.1, 0.15) is 5.01 Å². The first-order valence-electron chi connectivity index (χ1n) is 14.1. The van der Waals surface area contributed by atoms with Gasteiger partial charge in [-0.15, -0.1) is 11.3 Å². The van der Waals surface area contributed by atoms with E-state index in [4.69, 9.17) is 10.1 Å². The van der Waals surface area contributed by atoms with Crippen molar-refractivity contribution >= 4 is 33.2 Å². The highest BCUT2D eigenvalue weighted by molar-refractivity contribution is 7.22. The molecule has 0 aliphatic rings. The lowest BCUT2D eigenvalue weighted by atomic mass is 9.93. The van der Waals surface area contributed by atoms with E-state index in [1.54, 1.807) is 42.8 Å². The Balaban J connectivity index is 0.000000682. The molecule has 0 saturated carbocycles. The SMILES string of the molecule is CC(C)(C)O.CCc1cnn2cc(-c3cc(-c4nc5cc(C)c(CC(=O)O)c(-c6ccc(C)cc6)c5s4)ccn3)cnc12. The average molecular weight is 594 g/mol. The molecule has 0 fully saturated rings. The van der Waals surface area contributed by atoms with Gasteiger partial charge in [0, 0.05) is 40.8 Å². The molecule has 6 rings (SSSR count). The Hall–Kier alpha value is -4.47. The largest absolute Gasteiger partial charge is 0.481 e. The molecule has 8 nitrogen and oxygen atoms in total. The molecular weight excluding hydrogens is 558 g/mol. The minimum Gasteiger partial charge on any atom is -0.481 e. The van der Waals surface area contributed by atoms with Gasteiger partial charge in [-0.3, -0.25) is 9.78 Å². The molecule has 2 N–H and O–H groups in total. The molecule has 0 atom stereocenters. The summed E-state index contributed by atoms with van der Waals surface area (Å²) in [6, 6.07) is 14.2. The Morgan fingerprint density at radius 1 is 0.977 bits per heavy atom. The third-order valence-electron chi connectivity index (χ3n) is 6.79. The van der Waals surface area contributed by atoms with Gasteiger partial charge >= 0.3 is 5.97 Å². The zero-order valence-electron chi connectivity index (χ0n) is 25.2. The number of aliphatic carboxylic acids is 1. The molecule has 0 spiro atoms. The van der Waals surface area contributed by atoms with Crippen LogP contribution < -0.4 is 0 Å². The van der Waals surface area contributed by atoms with Gasteiger partial charge in [0.15, 0.2) is 5.65 Å². The van der Waals surface area contributed by atoms with Crippen molar-refractivity contribution in [3.63, 3.8) is 0 Å². The smallest absolute Gasteiger partial charge is 0.307 e. The molecule has 9 heteroatoms. The summed E-state index contributed by atoms with van der Waals surface area (Å²) in [5.74, 6) is -0.849. The van der Waals surface area contributed by atoms with E-state index >= 15 is 0 Å². The van der Waals surface area contributed by atoms with Crippen LogP contribution in [0.15, 0.2) is 67.3 Å². The van der Waals surface area contributed by atoms with E-state index in [-0.39, 0.29) is 6.42 Å². The van der Waals surface area contributed by atoms with Crippen molar-refractivity contribution in [2.75, 3.05) is 0 Å². The molecule has 0 radical (unpaired) electrons. The van der Waals surface area contributed by atoms with Crippen LogP contribution in [-0.4, -0.2) is 46.3 Å². The second kappa shape index (κ2) is 12.0. The van der Waals surface area contributed by atoms with Crippen LogP contribution >= 0.6 is 11.3 Å². The van der Waals surface area contributed by atoms with Gasteiger partial charge in [0.2, 0.25) is 0 Å². The summed E-state index contributed by atoms with van der Waals surface area (Å²) >= 11 is 1.57. The molecule has 0 bridgehead atoms. The number of hydrogen-bond donors (Lipinski definition) is 2. The number of aryl methyl sites for hydroxylation is 3.